The Hall–Kier alpha value is -1.75. The lowest BCUT2D eigenvalue weighted by molar-refractivity contribution is -0.132. The van der Waals surface area contributed by atoms with Gasteiger partial charge in [0.1, 0.15) is 11.5 Å². The summed E-state index contributed by atoms with van der Waals surface area (Å²) in [6, 6.07) is 5.60. The van der Waals surface area contributed by atoms with Crippen LogP contribution in [0.2, 0.25) is 0 Å². The molecule has 5 nitrogen and oxygen atoms in total. The van der Waals surface area contributed by atoms with Crippen LogP contribution in [0.1, 0.15) is 25.3 Å². The molecule has 2 N–H and O–H groups in total. The van der Waals surface area contributed by atoms with E-state index >= 15 is 0 Å². The molecule has 0 saturated carbocycles. The van der Waals surface area contributed by atoms with Crippen molar-refractivity contribution in [3.8, 4) is 11.5 Å². The molecule has 1 fully saturated rings. The second-order valence-electron chi connectivity index (χ2n) is 4.98. The molecule has 1 unspecified atom stereocenters. The van der Waals surface area contributed by atoms with Gasteiger partial charge in [0.2, 0.25) is 0 Å². The standard InChI is InChI=1S/C15H22N2O3/c1-3-8-19-12-5-4-11(10-16)14(9-12)20-13-6-7-17(2)15(13)18/h4-5,9,13H,3,6-8,10,16H2,1-2H3. The number of nitrogens with two attached hydrogens (primary N) is 1. The third kappa shape index (κ3) is 3.22. The molecule has 2 rings (SSSR count). The van der Waals surface area contributed by atoms with E-state index in [-0.39, 0.29) is 5.91 Å². The van der Waals surface area contributed by atoms with Crippen molar-refractivity contribution in [2.75, 3.05) is 20.2 Å². The molecule has 0 aromatic heterocycles. The fourth-order valence-electron chi connectivity index (χ4n) is 2.18. The number of carbonyl (C=O) groups excluding carboxylic acids is 1. The fraction of sp³-hybridized carbons (Fsp3) is 0.533. The summed E-state index contributed by atoms with van der Waals surface area (Å²) in [5.41, 5.74) is 6.61. The van der Waals surface area contributed by atoms with Crippen molar-refractivity contribution < 1.29 is 14.3 Å². The smallest absolute Gasteiger partial charge is 0.263 e. The zero-order chi connectivity index (χ0) is 14.5. The molecule has 20 heavy (non-hydrogen) atoms. The van der Waals surface area contributed by atoms with Gasteiger partial charge in [-0.25, -0.2) is 0 Å². The monoisotopic (exact) mass is 278 g/mol. The first-order valence-electron chi connectivity index (χ1n) is 7.03. The van der Waals surface area contributed by atoms with Crippen molar-refractivity contribution in [2.45, 2.75) is 32.4 Å². The Balaban J connectivity index is 2.13. The predicted molar refractivity (Wildman–Crippen MR) is 76.8 cm³/mol. The average Bonchev–Trinajstić information content (AvgIpc) is 2.77. The zero-order valence-electron chi connectivity index (χ0n) is 12.1. The Bertz CT molecular complexity index is 476. The molecule has 0 aliphatic carbocycles. The van der Waals surface area contributed by atoms with E-state index in [0.717, 1.165) is 24.3 Å². The number of likely N-dealkylation sites (N-methyl/N-ethyl adjacent to an activating group) is 1. The van der Waals surface area contributed by atoms with Crippen LogP contribution >= 0.6 is 0 Å². The third-order valence-electron chi connectivity index (χ3n) is 3.38. The summed E-state index contributed by atoms with van der Waals surface area (Å²) >= 11 is 0. The van der Waals surface area contributed by atoms with E-state index < -0.39 is 6.10 Å². The van der Waals surface area contributed by atoms with Gasteiger partial charge in [0, 0.05) is 38.2 Å². The first-order valence-corrected chi connectivity index (χ1v) is 7.03. The molecule has 1 aromatic carbocycles. The molecule has 0 bridgehead atoms. The number of carbonyl (C=O) groups is 1. The predicted octanol–water partition coefficient (Wildman–Crippen LogP) is 1.54. The molecule has 5 heteroatoms. The summed E-state index contributed by atoms with van der Waals surface area (Å²) in [5, 5.41) is 0. The highest BCUT2D eigenvalue weighted by molar-refractivity contribution is 5.83. The van der Waals surface area contributed by atoms with Crippen LogP contribution in [-0.4, -0.2) is 37.1 Å². The largest absolute Gasteiger partial charge is 0.493 e. The van der Waals surface area contributed by atoms with Gasteiger partial charge in [-0.3, -0.25) is 4.79 Å². The van der Waals surface area contributed by atoms with Gasteiger partial charge in [-0.15, -0.1) is 0 Å². The minimum atomic E-state index is -0.410. The van der Waals surface area contributed by atoms with Crippen molar-refractivity contribution in [3.63, 3.8) is 0 Å². The lowest BCUT2D eigenvalue weighted by Gasteiger charge is -2.16. The zero-order valence-corrected chi connectivity index (χ0v) is 12.1. The molecule has 1 aliphatic rings. The van der Waals surface area contributed by atoms with Gasteiger partial charge in [0.15, 0.2) is 6.10 Å². The van der Waals surface area contributed by atoms with E-state index in [2.05, 4.69) is 6.92 Å². The highest BCUT2D eigenvalue weighted by atomic mass is 16.5. The van der Waals surface area contributed by atoms with E-state index in [9.17, 15) is 4.79 Å². The van der Waals surface area contributed by atoms with Crippen LogP contribution in [0, 0.1) is 0 Å². The maximum Gasteiger partial charge on any atom is 0.263 e. The fourth-order valence-corrected chi connectivity index (χ4v) is 2.18. The summed E-state index contributed by atoms with van der Waals surface area (Å²) < 4.78 is 11.4. The number of rotatable bonds is 6. The van der Waals surface area contributed by atoms with Crippen molar-refractivity contribution in [2.24, 2.45) is 5.73 Å². The Morgan fingerprint density at radius 2 is 2.25 bits per heavy atom. The summed E-state index contributed by atoms with van der Waals surface area (Å²) in [7, 11) is 1.79. The van der Waals surface area contributed by atoms with Crippen molar-refractivity contribution in [1.29, 1.82) is 0 Å². The van der Waals surface area contributed by atoms with Gasteiger partial charge in [-0.05, 0) is 12.5 Å². The molecule has 1 aliphatic heterocycles. The van der Waals surface area contributed by atoms with Gasteiger partial charge in [0.25, 0.3) is 5.91 Å². The molecule has 1 saturated heterocycles. The number of likely N-dealkylation sites (tertiary alicyclic amines) is 1. The Labute approximate surface area is 119 Å². The number of hydrogen-bond acceptors (Lipinski definition) is 4. The number of ether oxygens (including phenoxy) is 2. The molecule has 1 atom stereocenters. The van der Waals surface area contributed by atoms with E-state index in [4.69, 9.17) is 15.2 Å². The SMILES string of the molecule is CCCOc1ccc(CN)c(OC2CCN(C)C2=O)c1. The topological polar surface area (TPSA) is 64.8 Å². The van der Waals surface area contributed by atoms with Gasteiger partial charge in [-0.1, -0.05) is 13.0 Å². The lowest BCUT2D eigenvalue weighted by Crippen LogP contribution is -2.29. The highest BCUT2D eigenvalue weighted by Crippen LogP contribution is 2.27. The maximum absolute atomic E-state index is 11.9. The second-order valence-corrected chi connectivity index (χ2v) is 4.98. The van der Waals surface area contributed by atoms with Crippen LogP contribution in [0.25, 0.3) is 0 Å². The molecular weight excluding hydrogens is 256 g/mol. The van der Waals surface area contributed by atoms with Gasteiger partial charge < -0.3 is 20.1 Å². The van der Waals surface area contributed by atoms with E-state index in [0.29, 0.717) is 25.3 Å². The summed E-state index contributed by atoms with van der Waals surface area (Å²) in [6.45, 7) is 3.82. The molecule has 0 radical (unpaired) electrons. The Morgan fingerprint density at radius 1 is 1.45 bits per heavy atom. The number of benzene rings is 1. The minimum Gasteiger partial charge on any atom is -0.493 e. The van der Waals surface area contributed by atoms with Crippen LogP contribution in [0.3, 0.4) is 0 Å². The molecule has 110 valence electrons. The first-order chi connectivity index (χ1) is 9.65. The van der Waals surface area contributed by atoms with Crippen molar-refractivity contribution >= 4 is 5.91 Å². The van der Waals surface area contributed by atoms with E-state index in [1.54, 1.807) is 11.9 Å². The van der Waals surface area contributed by atoms with Crippen molar-refractivity contribution in [1.82, 2.24) is 4.90 Å². The number of nitrogens with zero attached hydrogens (tertiary/aromatic N) is 1. The number of hydrogen-bond donors (Lipinski definition) is 1. The normalized spacial score (nSPS) is 18.4. The molecule has 1 aromatic rings. The second kappa shape index (κ2) is 6.61. The average molecular weight is 278 g/mol. The summed E-state index contributed by atoms with van der Waals surface area (Å²) in [5.74, 6) is 1.42. The lowest BCUT2D eigenvalue weighted by atomic mass is 10.2. The molecule has 1 heterocycles. The van der Waals surface area contributed by atoms with E-state index in [1.807, 2.05) is 18.2 Å². The molecule has 1 amide bonds. The number of amides is 1. The van der Waals surface area contributed by atoms with Crippen LogP contribution < -0.4 is 15.2 Å². The summed E-state index contributed by atoms with van der Waals surface area (Å²) in [6.07, 6.45) is 1.24. The van der Waals surface area contributed by atoms with Gasteiger partial charge in [0.05, 0.1) is 6.61 Å². The third-order valence-corrected chi connectivity index (χ3v) is 3.38. The van der Waals surface area contributed by atoms with Gasteiger partial charge in [-0.2, -0.15) is 0 Å². The maximum atomic E-state index is 11.9. The van der Waals surface area contributed by atoms with E-state index in [1.165, 1.54) is 0 Å². The molecule has 0 spiro atoms. The van der Waals surface area contributed by atoms with Gasteiger partial charge >= 0.3 is 0 Å². The van der Waals surface area contributed by atoms with Crippen LogP contribution in [-0.2, 0) is 11.3 Å². The molecular formula is C15H22N2O3. The van der Waals surface area contributed by atoms with Crippen LogP contribution in [0.4, 0.5) is 0 Å². The van der Waals surface area contributed by atoms with Crippen LogP contribution in [0.5, 0.6) is 11.5 Å². The summed E-state index contributed by atoms with van der Waals surface area (Å²) in [4.78, 5) is 13.6. The van der Waals surface area contributed by atoms with Crippen LogP contribution in [0.15, 0.2) is 18.2 Å². The van der Waals surface area contributed by atoms with Crippen molar-refractivity contribution in [3.05, 3.63) is 23.8 Å². The highest BCUT2D eigenvalue weighted by Gasteiger charge is 2.31. The quantitative estimate of drug-likeness (QED) is 0.857. The minimum absolute atomic E-state index is 0.0212. The Kier molecular flexibility index (Phi) is 4.84. The Morgan fingerprint density at radius 3 is 2.85 bits per heavy atom. The first kappa shape index (κ1) is 14.7.